The molecule has 1 aliphatic carbocycles. The summed E-state index contributed by atoms with van der Waals surface area (Å²) in [6.45, 7) is 1.13. The molecule has 1 N–H and O–H groups in total. The highest BCUT2D eigenvalue weighted by Crippen LogP contribution is 2.39. The summed E-state index contributed by atoms with van der Waals surface area (Å²) in [6, 6.07) is 3.24. The van der Waals surface area contributed by atoms with Gasteiger partial charge in [0, 0.05) is 23.4 Å². The van der Waals surface area contributed by atoms with Crippen molar-refractivity contribution in [1.29, 1.82) is 0 Å². The van der Waals surface area contributed by atoms with Crippen LogP contribution in [0, 0.1) is 6.92 Å². The molecule has 3 heterocycles. The smallest absolute Gasteiger partial charge is 0.275 e. The Morgan fingerprint density at radius 1 is 1.40 bits per heavy atom. The molecule has 0 bridgehead atoms. The van der Waals surface area contributed by atoms with Crippen molar-refractivity contribution in [1.82, 2.24) is 29.4 Å². The number of rotatable bonds is 5. The van der Waals surface area contributed by atoms with Gasteiger partial charge in [0.15, 0.2) is 5.82 Å². The van der Waals surface area contributed by atoms with Gasteiger partial charge in [-0.25, -0.2) is 13.8 Å². The van der Waals surface area contributed by atoms with E-state index in [1.807, 2.05) is 0 Å². The number of carbonyl (C=O) groups excluding carboxylic acids is 1. The van der Waals surface area contributed by atoms with Crippen LogP contribution in [-0.4, -0.2) is 41.7 Å². The van der Waals surface area contributed by atoms with E-state index in [9.17, 15) is 13.6 Å². The zero-order valence-corrected chi connectivity index (χ0v) is 13.4. The van der Waals surface area contributed by atoms with E-state index < -0.39 is 18.9 Å². The molecule has 0 saturated heterocycles. The number of hydrogen-bond donors (Lipinski definition) is 1. The maximum atomic E-state index is 12.6. The first-order chi connectivity index (χ1) is 12.0. The fraction of sp³-hybridized carbons (Fsp3) is 0.400. The molecular weight excluding hydrogens is 332 g/mol. The first kappa shape index (κ1) is 15.6. The van der Waals surface area contributed by atoms with Gasteiger partial charge in [-0.15, -0.1) is 0 Å². The molecule has 25 heavy (non-hydrogen) atoms. The van der Waals surface area contributed by atoms with Crippen LogP contribution in [0.2, 0.25) is 0 Å². The molecule has 130 valence electrons. The Morgan fingerprint density at radius 3 is 2.92 bits per heavy atom. The van der Waals surface area contributed by atoms with Crippen molar-refractivity contribution >= 4 is 17.5 Å². The van der Waals surface area contributed by atoms with Crippen LogP contribution in [0.15, 0.2) is 18.5 Å². The third-order valence-electron chi connectivity index (χ3n) is 4.03. The molecule has 1 aliphatic rings. The highest BCUT2D eigenvalue weighted by Gasteiger charge is 2.28. The number of aromatic nitrogens is 6. The maximum Gasteiger partial charge on any atom is 0.275 e. The average Bonchev–Trinajstić information content (AvgIpc) is 3.21. The molecule has 1 saturated carbocycles. The maximum absolute atomic E-state index is 12.6. The molecule has 0 aliphatic heterocycles. The molecule has 4 rings (SSSR count). The Balaban J connectivity index is 1.63. The summed E-state index contributed by atoms with van der Waals surface area (Å²) < 4.78 is 27.6. The van der Waals surface area contributed by atoms with Crippen molar-refractivity contribution < 1.29 is 13.6 Å². The van der Waals surface area contributed by atoms with E-state index in [0.29, 0.717) is 17.4 Å². The first-order valence-corrected chi connectivity index (χ1v) is 7.86. The number of nitrogens with one attached hydrogen (secondary N) is 1. The van der Waals surface area contributed by atoms with Gasteiger partial charge in [-0.1, -0.05) is 0 Å². The number of hydrogen-bond acceptors (Lipinski definition) is 5. The monoisotopic (exact) mass is 347 g/mol. The van der Waals surface area contributed by atoms with Crippen molar-refractivity contribution in [2.24, 2.45) is 0 Å². The number of aryl methyl sites for hydroxylation is 1. The van der Waals surface area contributed by atoms with Gasteiger partial charge >= 0.3 is 0 Å². The van der Waals surface area contributed by atoms with Crippen LogP contribution in [0.1, 0.15) is 40.6 Å². The van der Waals surface area contributed by atoms with E-state index in [2.05, 4.69) is 25.5 Å². The minimum Gasteiger partial charge on any atom is -0.304 e. The highest BCUT2D eigenvalue weighted by molar-refractivity contribution is 6.02. The van der Waals surface area contributed by atoms with Crippen LogP contribution in [0.3, 0.4) is 0 Å². The fourth-order valence-corrected chi connectivity index (χ4v) is 2.65. The molecule has 3 aromatic rings. The van der Waals surface area contributed by atoms with Crippen LogP contribution in [0.25, 0.3) is 5.78 Å². The van der Waals surface area contributed by atoms with Gasteiger partial charge in [0.05, 0.1) is 0 Å². The lowest BCUT2D eigenvalue weighted by molar-refractivity contribution is 0.101. The van der Waals surface area contributed by atoms with E-state index in [0.717, 1.165) is 23.2 Å². The van der Waals surface area contributed by atoms with Crippen LogP contribution >= 0.6 is 0 Å². The average molecular weight is 347 g/mol. The quantitative estimate of drug-likeness (QED) is 0.763. The molecule has 8 nitrogen and oxygen atoms in total. The molecule has 0 aromatic carbocycles. The van der Waals surface area contributed by atoms with Crippen molar-refractivity contribution in [2.45, 2.75) is 38.7 Å². The van der Waals surface area contributed by atoms with Crippen LogP contribution in [-0.2, 0) is 6.54 Å². The molecule has 0 radical (unpaired) electrons. The second kappa shape index (κ2) is 5.87. The summed E-state index contributed by atoms with van der Waals surface area (Å²) in [5.74, 6) is 0.470. The number of amides is 1. The number of alkyl halides is 2. The minimum atomic E-state index is -2.52. The lowest BCUT2D eigenvalue weighted by Crippen LogP contribution is -2.18. The Morgan fingerprint density at radius 2 is 2.20 bits per heavy atom. The van der Waals surface area contributed by atoms with Crippen LogP contribution < -0.4 is 5.32 Å². The summed E-state index contributed by atoms with van der Waals surface area (Å²) in [5.41, 5.74) is 1.63. The summed E-state index contributed by atoms with van der Waals surface area (Å²) in [6.07, 6.45) is 0.890. The second-order valence-electron chi connectivity index (χ2n) is 6.01. The first-order valence-electron chi connectivity index (χ1n) is 7.86. The fourth-order valence-electron chi connectivity index (χ4n) is 2.65. The van der Waals surface area contributed by atoms with Gasteiger partial charge in [-0.3, -0.25) is 9.48 Å². The number of fused-ring (bicyclic) bond motifs is 1. The number of halogens is 2. The van der Waals surface area contributed by atoms with Crippen molar-refractivity contribution in [3.05, 3.63) is 35.5 Å². The summed E-state index contributed by atoms with van der Waals surface area (Å²) >= 11 is 0. The van der Waals surface area contributed by atoms with Crippen LogP contribution in [0.4, 0.5) is 14.6 Å². The minimum absolute atomic E-state index is 0.209. The third-order valence-corrected chi connectivity index (χ3v) is 4.03. The molecular formula is C15H15F2N7O. The summed E-state index contributed by atoms with van der Waals surface area (Å²) in [5, 5.41) is 10.6. The predicted molar refractivity (Wildman–Crippen MR) is 83.7 cm³/mol. The molecule has 0 spiro atoms. The van der Waals surface area contributed by atoms with Gasteiger partial charge in [-0.2, -0.15) is 19.7 Å². The molecule has 0 unspecified atom stereocenters. The highest BCUT2D eigenvalue weighted by atomic mass is 19.3. The Labute approximate surface area is 140 Å². The van der Waals surface area contributed by atoms with E-state index in [1.54, 1.807) is 19.1 Å². The van der Waals surface area contributed by atoms with Gasteiger partial charge in [0.1, 0.15) is 18.6 Å². The van der Waals surface area contributed by atoms with Crippen LogP contribution in [0.5, 0.6) is 0 Å². The zero-order valence-electron chi connectivity index (χ0n) is 13.4. The normalized spacial score (nSPS) is 14.4. The number of nitrogens with zero attached hydrogens (tertiary/aromatic N) is 6. The Hall–Kier alpha value is -2.91. The molecule has 10 heteroatoms. The topological polar surface area (TPSA) is 90.0 Å². The summed E-state index contributed by atoms with van der Waals surface area (Å²) in [4.78, 5) is 21.1. The van der Waals surface area contributed by atoms with E-state index in [4.69, 9.17) is 0 Å². The van der Waals surface area contributed by atoms with E-state index in [-0.39, 0.29) is 11.5 Å². The van der Waals surface area contributed by atoms with Gasteiger partial charge < -0.3 is 5.32 Å². The predicted octanol–water partition coefficient (Wildman–Crippen LogP) is 2.02. The largest absolute Gasteiger partial charge is 0.304 e. The van der Waals surface area contributed by atoms with Crippen molar-refractivity contribution in [2.75, 3.05) is 5.32 Å². The van der Waals surface area contributed by atoms with Gasteiger partial charge in [0.2, 0.25) is 0 Å². The van der Waals surface area contributed by atoms with E-state index >= 15 is 0 Å². The summed E-state index contributed by atoms with van der Waals surface area (Å²) in [7, 11) is 0. The zero-order chi connectivity index (χ0) is 17.6. The molecule has 0 atom stereocenters. The van der Waals surface area contributed by atoms with Crippen molar-refractivity contribution in [3.63, 3.8) is 0 Å². The van der Waals surface area contributed by atoms with Crippen molar-refractivity contribution in [3.8, 4) is 0 Å². The number of anilines is 1. The van der Waals surface area contributed by atoms with E-state index in [1.165, 1.54) is 10.8 Å². The lowest BCUT2D eigenvalue weighted by Gasteiger charge is -2.06. The Kier molecular flexibility index (Phi) is 3.66. The molecule has 3 aromatic heterocycles. The van der Waals surface area contributed by atoms with Gasteiger partial charge in [-0.05, 0) is 25.8 Å². The lowest BCUT2D eigenvalue weighted by atomic mass is 10.2. The standard InChI is InChI=1S/C15H15F2N7O/c1-8-4-13(22-23(8)6-12(16)17)21-14(25)11-5-10(9-2-3-9)20-15-18-7-19-24(11)15/h4-5,7,9,12H,2-3,6H2,1H3,(H,21,22,25). The second-order valence-corrected chi connectivity index (χ2v) is 6.01. The SMILES string of the molecule is Cc1cc(NC(=O)c2cc(C3CC3)nc3ncnn23)nn1CC(F)F. The molecule has 1 fully saturated rings. The Bertz CT molecular complexity index is 945. The molecule has 1 amide bonds. The third kappa shape index (κ3) is 3.06. The number of carbonyl (C=O) groups is 1. The van der Waals surface area contributed by atoms with Gasteiger partial charge in [0.25, 0.3) is 18.1 Å².